The summed E-state index contributed by atoms with van der Waals surface area (Å²) in [7, 11) is 0. The van der Waals surface area contributed by atoms with E-state index < -0.39 is 0 Å². The number of para-hydroxylation sites is 1. The average Bonchev–Trinajstić information content (AvgIpc) is 3.96. The quantitative estimate of drug-likeness (QED) is 0.153. The Balaban J connectivity index is 0.982. The van der Waals surface area contributed by atoms with Gasteiger partial charge in [0.2, 0.25) is 0 Å². The molecule has 0 saturated carbocycles. The number of rotatable bonds is 8. The van der Waals surface area contributed by atoms with Gasteiger partial charge in [0.05, 0.1) is 40.1 Å². The van der Waals surface area contributed by atoms with Crippen molar-refractivity contribution in [2.45, 2.75) is 0 Å². The fourth-order valence-electron chi connectivity index (χ4n) is 8.55. The summed E-state index contributed by atoms with van der Waals surface area (Å²) in [5.41, 5.74) is 16.1. The highest BCUT2D eigenvalue weighted by Gasteiger charge is 2.21. The van der Waals surface area contributed by atoms with Crippen molar-refractivity contribution in [2.24, 2.45) is 0 Å². The van der Waals surface area contributed by atoms with Gasteiger partial charge in [-0.3, -0.25) is 0 Å². The van der Waals surface area contributed by atoms with Crippen LogP contribution in [0.4, 0.5) is 25.8 Å². The summed E-state index contributed by atoms with van der Waals surface area (Å²) in [6.07, 6.45) is 0. The van der Waals surface area contributed by atoms with Crippen LogP contribution in [0.2, 0.25) is 0 Å². The second-order valence-electron chi connectivity index (χ2n) is 15.4. The fraction of sp³-hybridized carbons (Fsp3) is 0. The standard InChI is InChI=1S/C55H33F2N5S/c56-43-20-10-38(11-21-43)41-18-29-51-49(32-41)50-33-42(39-12-22-44(57)23-13-39)19-30-52(50)62(51)47-26-16-40(17-27-47)48-28-31-53(55-54(48)59-63-60-55)61(45-4-2-1-3-5-45)46-24-14-37(15-25-46)36-8-6-35(34-58)7-9-36/h1-33H. The molecule has 11 aromatic rings. The fourth-order valence-corrected chi connectivity index (χ4v) is 9.12. The Morgan fingerprint density at radius 2 is 0.937 bits per heavy atom. The first-order valence-corrected chi connectivity index (χ1v) is 21.1. The van der Waals surface area contributed by atoms with Crippen molar-refractivity contribution < 1.29 is 8.78 Å². The van der Waals surface area contributed by atoms with Crippen LogP contribution in [0.15, 0.2) is 200 Å². The van der Waals surface area contributed by atoms with E-state index in [0.29, 0.717) is 5.56 Å². The molecule has 2 heterocycles. The maximum atomic E-state index is 13.9. The zero-order chi connectivity index (χ0) is 42.4. The van der Waals surface area contributed by atoms with Gasteiger partial charge in [0, 0.05) is 33.4 Å². The molecule has 0 saturated heterocycles. The molecule has 9 aromatic carbocycles. The van der Waals surface area contributed by atoms with Crippen molar-refractivity contribution in [1.29, 1.82) is 5.26 Å². The van der Waals surface area contributed by atoms with E-state index in [0.717, 1.165) is 100 Å². The molecule has 298 valence electrons. The Morgan fingerprint density at radius 1 is 0.460 bits per heavy atom. The third-order valence-electron chi connectivity index (χ3n) is 11.7. The molecule has 0 N–H and O–H groups in total. The van der Waals surface area contributed by atoms with Crippen molar-refractivity contribution in [2.75, 3.05) is 4.90 Å². The Morgan fingerprint density at radius 3 is 1.51 bits per heavy atom. The van der Waals surface area contributed by atoms with E-state index >= 15 is 0 Å². The van der Waals surface area contributed by atoms with Crippen LogP contribution < -0.4 is 4.90 Å². The number of aromatic nitrogens is 3. The van der Waals surface area contributed by atoms with E-state index in [-0.39, 0.29) is 11.6 Å². The maximum absolute atomic E-state index is 13.9. The summed E-state index contributed by atoms with van der Waals surface area (Å²) in [5, 5.41) is 11.4. The molecule has 5 nitrogen and oxygen atoms in total. The summed E-state index contributed by atoms with van der Waals surface area (Å²) in [6.45, 7) is 0. The van der Waals surface area contributed by atoms with Gasteiger partial charge in [-0.05, 0) is 148 Å². The van der Waals surface area contributed by atoms with Crippen LogP contribution in [-0.2, 0) is 0 Å². The zero-order valence-corrected chi connectivity index (χ0v) is 34.3. The molecule has 0 fully saturated rings. The summed E-state index contributed by atoms with van der Waals surface area (Å²) in [4.78, 5) is 2.21. The monoisotopic (exact) mass is 833 g/mol. The molecule has 8 heteroatoms. The van der Waals surface area contributed by atoms with Crippen LogP contribution in [0, 0.1) is 23.0 Å². The Labute approximate surface area is 366 Å². The molecule has 0 radical (unpaired) electrons. The van der Waals surface area contributed by atoms with Crippen LogP contribution >= 0.6 is 11.7 Å². The van der Waals surface area contributed by atoms with Gasteiger partial charge < -0.3 is 9.47 Å². The number of benzene rings is 9. The van der Waals surface area contributed by atoms with Crippen molar-refractivity contribution >= 4 is 61.6 Å². The van der Waals surface area contributed by atoms with Crippen LogP contribution in [-0.4, -0.2) is 13.3 Å². The first-order chi connectivity index (χ1) is 31.0. The highest BCUT2D eigenvalue weighted by atomic mass is 32.1. The van der Waals surface area contributed by atoms with E-state index in [9.17, 15) is 14.0 Å². The van der Waals surface area contributed by atoms with Crippen LogP contribution in [0.3, 0.4) is 0 Å². The van der Waals surface area contributed by atoms with E-state index in [1.54, 1.807) is 24.3 Å². The lowest BCUT2D eigenvalue weighted by Crippen LogP contribution is -2.10. The lowest BCUT2D eigenvalue weighted by molar-refractivity contribution is 0.627. The molecule has 0 aliphatic heterocycles. The van der Waals surface area contributed by atoms with Gasteiger partial charge in [-0.1, -0.05) is 91.0 Å². The number of nitriles is 1. The first-order valence-electron chi connectivity index (χ1n) is 20.4. The second kappa shape index (κ2) is 15.7. The van der Waals surface area contributed by atoms with Gasteiger partial charge in [0.25, 0.3) is 0 Å². The maximum Gasteiger partial charge on any atom is 0.129 e. The lowest BCUT2D eigenvalue weighted by atomic mass is 10.0. The number of halogens is 2. The summed E-state index contributed by atoms with van der Waals surface area (Å²) >= 11 is 1.20. The molecule has 2 aromatic heterocycles. The molecule has 63 heavy (non-hydrogen) atoms. The molecule has 0 bridgehead atoms. The zero-order valence-electron chi connectivity index (χ0n) is 33.5. The molecule has 0 atom stereocenters. The molecular formula is C55H33F2N5S. The molecular weight excluding hydrogens is 801 g/mol. The average molecular weight is 834 g/mol. The Bertz CT molecular complexity index is 3400. The van der Waals surface area contributed by atoms with Gasteiger partial charge in [-0.2, -0.15) is 14.0 Å². The largest absolute Gasteiger partial charge is 0.309 e. The predicted octanol–water partition coefficient (Wildman–Crippen LogP) is 15.1. The normalized spacial score (nSPS) is 11.3. The Hall–Kier alpha value is -8.25. The van der Waals surface area contributed by atoms with E-state index in [1.807, 2.05) is 42.5 Å². The summed E-state index contributed by atoms with van der Waals surface area (Å²) in [6, 6.07) is 67.2. The number of nitrogens with zero attached hydrogens (tertiary/aromatic N) is 5. The molecule has 0 spiro atoms. The lowest BCUT2D eigenvalue weighted by Gasteiger charge is -2.26. The van der Waals surface area contributed by atoms with Gasteiger partial charge >= 0.3 is 0 Å². The molecule has 0 aliphatic rings. The molecule has 0 aliphatic carbocycles. The predicted molar refractivity (Wildman–Crippen MR) is 253 cm³/mol. The van der Waals surface area contributed by atoms with E-state index in [2.05, 4.69) is 125 Å². The Kier molecular flexibility index (Phi) is 9.37. The molecule has 0 amide bonds. The van der Waals surface area contributed by atoms with Crippen LogP contribution in [0.1, 0.15) is 5.56 Å². The third kappa shape index (κ3) is 6.87. The highest BCUT2D eigenvalue weighted by Crippen LogP contribution is 2.43. The van der Waals surface area contributed by atoms with Gasteiger partial charge in [-0.25, -0.2) is 8.78 Å². The number of fused-ring (bicyclic) bond motifs is 4. The van der Waals surface area contributed by atoms with Crippen molar-refractivity contribution in [3.8, 4) is 56.3 Å². The number of anilines is 3. The van der Waals surface area contributed by atoms with E-state index in [1.165, 1.54) is 36.0 Å². The van der Waals surface area contributed by atoms with Crippen molar-refractivity contribution in [3.63, 3.8) is 0 Å². The summed E-state index contributed by atoms with van der Waals surface area (Å²) < 4.78 is 39.8. The first kappa shape index (κ1) is 37.7. The van der Waals surface area contributed by atoms with Crippen molar-refractivity contribution in [1.82, 2.24) is 13.3 Å². The van der Waals surface area contributed by atoms with Crippen LogP contribution in [0.5, 0.6) is 0 Å². The minimum Gasteiger partial charge on any atom is -0.309 e. The van der Waals surface area contributed by atoms with Gasteiger partial charge in [0.1, 0.15) is 22.7 Å². The minimum atomic E-state index is -0.274. The van der Waals surface area contributed by atoms with E-state index in [4.69, 9.17) is 8.75 Å². The highest BCUT2D eigenvalue weighted by molar-refractivity contribution is 7.00. The smallest absolute Gasteiger partial charge is 0.129 e. The molecule has 11 rings (SSSR count). The van der Waals surface area contributed by atoms with Gasteiger partial charge in [0.15, 0.2) is 0 Å². The molecule has 0 unspecified atom stereocenters. The topological polar surface area (TPSA) is 57.7 Å². The number of hydrogen-bond acceptors (Lipinski definition) is 5. The van der Waals surface area contributed by atoms with Crippen molar-refractivity contribution in [3.05, 3.63) is 217 Å². The third-order valence-corrected chi connectivity index (χ3v) is 12.2. The second-order valence-corrected chi connectivity index (χ2v) is 15.9. The SMILES string of the molecule is N#Cc1ccc(-c2ccc(N(c3ccccc3)c3ccc(-c4ccc(-n5c6ccc(-c7ccc(F)cc7)cc6c6cc(-c7ccc(F)cc7)ccc65)cc4)c4nsnc34)cc2)cc1. The summed E-state index contributed by atoms with van der Waals surface area (Å²) in [5.74, 6) is -0.548. The number of hydrogen-bond donors (Lipinski definition) is 0. The van der Waals surface area contributed by atoms with Gasteiger partial charge in [-0.15, -0.1) is 0 Å². The van der Waals surface area contributed by atoms with Crippen LogP contribution in [0.25, 0.3) is 83.0 Å². The minimum absolute atomic E-state index is 0.274.